The predicted molar refractivity (Wildman–Crippen MR) is 102 cm³/mol. The van der Waals surface area contributed by atoms with E-state index in [4.69, 9.17) is 5.26 Å². The average molecular weight is 359 g/mol. The zero-order chi connectivity index (χ0) is 19.2. The van der Waals surface area contributed by atoms with Crippen LogP contribution in [0.15, 0.2) is 36.5 Å². The number of hydrogen-bond acceptors (Lipinski definition) is 4. The van der Waals surface area contributed by atoms with Crippen LogP contribution in [0, 0.1) is 24.2 Å². The number of amides is 1. The van der Waals surface area contributed by atoms with E-state index in [1.807, 2.05) is 25.1 Å². The third-order valence-corrected chi connectivity index (χ3v) is 5.22. The molecule has 1 N–H and O–H groups in total. The van der Waals surface area contributed by atoms with Crippen molar-refractivity contribution < 1.29 is 4.79 Å². The second-order valence-corrected chi connectivity index (χ2v) is 7.72. The Morgan fingerprint density at radius 2 is 2.11 bits per heavy atom. The predicted octanol–water partition coefficient (Wildman–Crippen LogP) is 3.49. The molecule has 6 heteroatoms. The molecule has 6 nitrogen and oxygen atoms in total. The summed E-state index contributed by atoms with van der Waals surface area (Å²) in [6.45, 7) is 6.05. The molecule has 136 valence electrons. The van der Waals surface area contributed by atoms with Crippen LogP contribution in [0.2, 0.25) is 0 Å². The minimum absolute atomic E-state index is 0.156. The highest BCUT2D eigenvalue weighted by atomic mass is 16.1. The van der Waals surface area contributed by atoms with Gasteiger partial charge in [-0.15, -0.1) is 0 Å². The van der Waals surface area contributed by atoms with Crippen LogP contribution in [-0.4, -0.2) is 26.0 Å². The third kappa shape index (κ3) is 3.17. The van der Waals surface area contributed by atoms with Crippen molar-refractivity contribution in [1.29, 1.82) is 5.26 Å². The Morgan fingerprint density at radius 3 is 2.81 bits per heavy atom. The van der Waals surface area contributed by atoms with E-state index in [0.29, 0.717) is 28.4 Å². The number of fused-ring (bicyclic) bond motifs is 1. The summed E-state index contributed by atoms with van der Waals surface area (Å²) in [6, 6.07) is 11.3. The smallest absolute Gasteiger partial charge is 0.257 e. The van der Waals surface area contributed by atoms with Crippen LogP contribution in [0.5, 0.6) is 0 Å². The molecule has 1 fully saturated rings. The van der Waals surface area contributed by atoms with Crippen LogP contribution < -0.4 is 5.32 Å². The van der Waals surface area contributed by atoms with E-state index >= 15 is 0 Å². The number of aryl methyl sites for hydroxylation is 1. The Hall–Kier alpha value is -3.20. The lowest BCUT2D eigenvalue weighted by Gasteiger charge is -2.25. The summed E-state index contributed by atoms with van der Waals surface area (Å²) >= 11 is 0. The van der Waals surface area contributed by atoms with Crippen LogP contribution in [0.4, 0.5) is 0 Å². The molecule has 0 unspecified atom stereocenters. The molecule has 0 aliphatic heterocycles. The van der Waals surface area contributed by atoms with Crippen molar-refractivity contribution >= 4 is 11.6 Å². The molecule has 1 aromatic carbocycles. The zero-order valence-electron chi connectivity index (χ0n) is 15.7. The van der Waals surface area contributed by atoms with E-state index in [9.17, 15) is 4.79 Å². The van der Waals surface area contributed by atoms with E-state index in [0.717, 1.165) is 24.1 Å². The quantitative estimate of drug-likeness (QED) is 0.773. The second-order valence-electron chi connectivity index (χ2n) is 7.72. The first-order valence-electron chi connectivity index (χ1n) is 9.07. The van der Waals surface area contributed by atoms with Gasteiger partial charge < -0.3 is 5.32 Å². The minimum atomic E-state index is -0.237. The Balaban J connectivity index is 1.76. The van der Waals surface area contributed by atoms with E-state index in [1.54, 1.807) is 22.8 Å². The van der Waals surface area contributed by atoms with Gasteiger partial charge in [-0.25, -0.2) is 9.50 Å². The van der Waals surface area contributed by atoms with Crippen molar-refractivity contribution in [2.75, 3.05) is 0 Å². The maximum absolute atomic E-state index is 12.9. The summed E-state index contributed by atoms with van der Waals surface area (Å²) in [4.78, 5) is 17.6. The van der Waals surface area contributed by atoms with E-state index in [1.165, 1.54) is 0 Å². The summed E-state index contributed by atoms with van der Waals surface area (Å²) < 4.78 is 1.68. The molecular formula is C21H21N5O. The first kappa shape index (κ1) is 17.2. The van der Waals surface area contributed by atoms with Gasteiger partial charge in [0.05, 0.1) is 23.5 Å². The summed E-state index contributed by atoms with van der Waals surface area (Å²) in [5.74, 6) is 0.374. The third-order valence-electron chi connectivity index (χ3n) is 5.22. The standard InChI is InChI=1S/C21H21N5O/c1-13-9-18(15-6-4-5-14(10-15)11-22)24-19-17(12-23-26(13)19)20(27)25-21(2,3)16-7-8-16/h4-6,9-10,12,16H,7-8H2,1-3H3,(H,25,27). The number of rotatable bonds is 4. The van der Waals surface area contributed by atoms with Crippen molar-refractivity contribution in [2.24, 2.45) is 5.92 Å². The highest BCUT2D eigenvalue weighted by Gasteiger charge is 2.39. The lowest BCUT2D eigenvalue weighted by Crippen LogP contribution is -2.45. The van der Waals surface area contributed by atoms with Gasteiger partial charge in [-0.2, -0.15) is 10.4 Å². The molecule has 4 rings (SSSR count). The lowest BCUT2D eigenvalue weighted by atomic mass is 9.98. The Morgan fingerprint density at radius 1 is 1.33 bits per heavy atom. The Kier molecular flexibility index (Phi) is 3.96. The second kappa shape index (κ2) is 6.20. The van der Waals surface area contributed by atoms with Gasteiger partial charge in [0.1, 0.15) is 5.56 Å². The fourth-order valence-electron chi connectivity index (χ4n) is 3.44. The Labute approximate surface area is 157 Å². The summed E-state index contributed by atoms with van der Waals surface area (Å²) in [6.07, 6.45) is 3.88. The molecule has 0 bridgehead atoms. The largest absolute Gasteiger partial charge is 0.347 e. The maximum Gasteiger partial charge on any atom is 0.257 e. The van der Waals surface area contributed by atoms with Gasteiger partial charge in [-0.05, 0) is 57.7 Å². The number of benzene rings is 1. The molecular weight excluding hydrogens is 338 g/mol. The molecule has 3 aromatic rings. The van der Waals surface area contributed by atoms with Crippen LogP contribution in [0.3, 0.4) is 0 Å². The van der Waals surface area contributed by atoms with Crippen molar-refractivity contribution in [1.82, 2.24) is 19.9 Å². The van der Waals surface area contributed by atoms with Gasteiger partial charge in [0, 0.05) is 16.8 Å². The first-order valence-corrected chi connectivity index (χ1v) is 9.07. The Bertz CT molecular complexity index is 1090. The molecule has 0 atom stereocenters. The minimum Gasteiger partial charge on any atom is -0.347 e. The fraction of sp³-hybridized carbons (Fsp3) is 0.333. The molecule has 1 amide bonds. The molecule has 0 radical (unpaired) electrons. The maximum atomic E-state index is 12.9. The van der Waals surface area contributed by atoms with Crippen molar-refractivity contribution in [3.05, 3.63) is 53.3 Å². The van der Waals surface area contributed by atoms with E-state index in [2.05, 4.69) is 35.3 Å². The monoisotopic (exact) mass is 359 g/mol. The molecule has 1 aliphatic carbocycles. The van der Waals surface area contributed by atoms with Crippen molar-refractivity contribution in [3.8, 4) is 17.3 Å². The molecule has 1 saturated carbocycles. The van der Waals surface area contributed by atoms with Crippen LogP contribution in [-0.2, 0) is 0 Å². The number of nitriles is 1. The molecule has 0 spiro atoms. The van der Waals surface area contributed by atoms with Crippen LogP contribution in [0.1, 0.15) is 48.3 Å². The summed E-state index contributed by atoms with van der Waals surface area (Å²) in [5.41, 5.74) is 3.75. The van der Waals surface area contributed by atoms with Gasteiger partial charge in [-0.3, -0.25) is 4.79 Å². The molecule has 2 aromatic heterocycles. The van der Waals surface area contributed by atoms with Gasteiger partial charge in [-0.1, -0.05) is 12.1 Å². The number of carbonyl (C=O) groups excluding carboxylic acids is 1. The number of aromatic nitrogens is 3. The molecule has 27 heavy (non-hydrogen) atoms. The molecule has 0 saturated heterocycles. The van der Waals surface area contributed by atoms with Crippen LogP contribution in [0.25, 0.3) is 16.9 Å². The van der Waals surface area contributed by atoms with E-state index < -0.39 is 0 Å². The van der Waals surface area contributed by atoms with Gasteiger partial charge in [0.2, 0.25) is 0 Å². The first-order chi connectivity index (χ1) is 12.9. The fourth-order valence-corrected chi connectivity index (χ4v) is 3.44. The van der Waals surface area contributed by atoms with Gasteiger partial charge in [0.15, 0.2) is 5.65 Å². The number of hydrogen-bond donors (Lipinski definition) is 1. The van der Waals surface area contributed by atoms with Gasteiger partial charge >= 0.3 is 0 Å². The normalized spacial score (nSPS) is 14.1. The lowest BCUT2D eigenvalue weighted by molar-refractivity contribution is 0.0905. The van der Waals surface area contributed by atoms with Crippen molar-refractivity contribution in [3.63, 3.8) is 0 Å². The van der Waals surface area contributed by atoms with Crippen molar-refractivity contribution in [2.45, 2.75) is 39.2 Å². The molecule has 2 heterocycles. The average Bonchev–Trinajstić information content (AvgIpc) is 3.42. The topological polar surface area (TPSA) is 83.1 Å². The van der Waals surface area contributed by atoms with Gasteiger partial charge in [0.25, 0.3) is 5.91 Å². The number of nitrogens with zero attached hydrogens (tertiary/aromatic N) is 4. The summed E-state index contributed by atoms with van der Waals surface area (Å²) in [5, 5.41) is 16.6. The van der Waals surface area contributed by atoms with E-state index in [-0.39, 0.29) is 11.4 Å². The molecule has 1 aliphatic rings. The highest BCUT2D eigenvalue weighted by molar-refractivity contribution is 6.00. The van der Waals surface area contributed by atoms with Crippen LogP contribution >= 0.6 is 0 Å². The SMILES string of the molecule is Cc1cc(-c2cccc(C#N)c2)nc2c(C(=O)NC(C)(C)C3CC3)cnn12. The summed E-state index contributed by atoms with van der Waals surface area (Å²) in [7, 11) is 0. The number of carbonyl (C=O) groups is 1. The highest BCUT2D eigenvalue weighted by Crippen LogP contribution is 2.39. The number of nitrogens with one attached hydrogen (secondary N) is 1. The zero-order valence-corrected chi connectivity index (χ0v) is 15.7.